The molecule has 0 aliphatic heterocycles. The first-order valence-electron chi connectivity index (χ1n) is 6.37. The molecule has 0 radical (unpaired) electrons. The van der Waals surface area contributed by atoms with Gasteiger partial charge in [-0.25, -0.2) is 9.18 Å². The fraction of sp³-hybridized carbons (Fsp3) is 0.125. The van der Waals surface area contributed by atoms with Gasteiger partial charge in [0, 0.05) is 32.1 Å². The lowest BCUT2D eigenvalue weighted by Crippen LogP contribution is -2.17. The minimum absolute atomic E-state index is 0.395. The Labute approximate surface area is 122 Å². The third-order valence-corrected chi connectivity index (χ3v) is 2.94. The van der Waals surface area contributed by atoms with E-state index in [4.69, 9.17) is 5.11 Å². The topological polar surface area (TPSA) is 53.4 Å². The number of hydrogen-bond acceptors (Lipinski definition) is 3. The van der Waals surface area contributed by atoms with Crippen molar-refractivity contribution in [1.29, 1.82) is 0 Å². The number of carboxylic acid groups (broad SMARTS) is 1. The number of pyridine rings is 1. The third kappa shape index (κ3) is 4.14. The van der Waals surface area contributed by atoms with Gasteiger partial charge in [0.05, 0.1) is 5.69 Å². The van der Waals surface area contributed by atoms with Crippen LogP contribution in [0.5, 0.6) is 0 Å². The van der Waals surface area contributed by atoms with Gasteiger partial charge < -0.3 is 10.0 Å². The Morgan fingerprint density at radius 2 is 2.24 bits per heavy atom. The Hall–Kier alpha value is -2.69. The first kappa shape index (κ1) is 14.7. The van der Waals surface area contributed by atoms with E-state index in [1.54, 1.807) is 36.5 Å². The molecular weight excluding hydrogens is 271 g/mol. The molecule has 0 atom stereocenters. The van der Waals surface area contributed by atoms with Crippen molar-refractivity contribution in [2.45, 2.75) is 6.54 Å². The second-order valence-electron chi connectivity index (χ2n) is 4.60. The number of nitrogens with zero attached hydrogens (tertiary/aromatic N) is 2. The van der Waals surface area contributed by atoms with E-state index in [-0.39, 0.29) is 0 Å². The molecule has 0 amide bonds. The average molecular weight is 286 g/mol. The molecule has 0 aliphatic carbocycles. The molecule has 1 aromatic heterocycles. The SMILES string of the molecule is CN(Cc1cccnc1)c1ccc(/C=C/C(=O)O)cc1F. The van der Waals surface area contributed by atoms with E-state index >= 15 is 0 Å². The minimum Gasteiger partial charge on any atom is -0.478 e. The molecule has 0 bridgehead atoms. The second-order valence-corrected chi connectivity index (χ2v) is 4.60. The smallest absolute Gasteiger partial charge is 0.328 e. The number of carboxylic acids is 1. The molecule has 108 valence electrons. The summed E-state index contributed by atoms with van der Waals surface area (Å²) in [6.07, 6.45) is 5.76. The summed E-state index contributed by atoms with van der Waals surface area (Å²) in [6, 6.07) is 8.38. The molecule has 2 aromatic rings. The van der Waals surface area contributed by atoms with Crippen LogP contribution < -0.4 is 4.90 Å². The summed E-state index contributed by atoms with van der Waals surface area (Å²) in [6.45, 7) is 0.537. The van der Waals surface area contributed by atoms with Crippen LogP contribution in [0.2, 0.25) is 0 Å². The summed E-state index contributed by atoms with van der Waals surface area (Å²) in [5, 5.41) is 8.56. The number of hydrogen-bond donors (Lipinski definition) is 1. The fourth-order valence-electron chi connectivity index (χ4n) is 1.95. The molecule has 0 aliphatic rings. The van der Waals surface area contributed by atoms with Crippen LogP contribution in [-0.2, 0) is 11.3 Å². The van der Waals surface area contributed by atoms with E-state index < -0.39 is 11.8 Å². The van der Waals surface area contributed by atoms with Gasteiger partial charge in [-0.05, 0) is 35.4 Å². The maximum absolute atomic E-state index is 14.1. The summed E-state index contributed by atoms with van der Waals surface area (Å²) >= 11 is 0. The fourth-order valence-corrected chi connectivity index (χ4v) is 1.95. The number of aromatic nitrogens is 1. The highest BCUT2D eigenvalue weighted by Gasteiger charge is 2.08. The van der Waals surface area contributed by atoms with Crippen LogP contribution in [0.25, 0.3) is 6.08 Å². The zero-order valence-corrected chi connectivity index (χ0v) is 11.5. The molecule has 1 aromatic carbocycles. The largest absolute Gasteiger partial charge is 0.478 e. The summed E-state index contributed by atoms with van der Waals surface area (Å²) in [4.78, 5) is 16.2. The van der Waals surface area contributed by atoms with Gasteiger partial charge in [0.15, 0.2) is 0 Å². The molecular formula is C16H15FN2O2. The normalized spacial score (nSPS) is 10.8. The van der Waals surface area contributed by atoms with Crippen molar-refractivity contribution in [2.75, 3.05) is 11.9 Å². The lowest BCUT2D eigenvalue weighted by atomic mass is 10.1. The van der Waals surface area contributed by atoms with Gasteiger partial charge >= 0.3 is 5.97 Å². The highest BCUT2D eigenvalue weighted by Crippen LogP contribution is 2.21. The molecule has 5 heteroatoms. The van der Waals surface area contributed by atoms with Crippen molar-refractivity contribution in [2.24, 2.45) is 0 Å². The standard InChI is InChI=1S/C16H15FN2O2/c1-19(11-13-3-2-8-18-10-13)15-6-4-12(9-14(15)17)5-7-16(20)21/h2-10H,11H2,1H3,(H,20,21)/b7-5+. The van der Waals surface area contributed by atoms with Crippen molar-refractivity contribution in [3.8, 4) is 0 Å². The molecule has 0 saturated carbocycles. The number of carbonyl (C=O) groups is 1. The predicted octanol–water partition coefficient (Wildman–Crippen LogP) is 2.95. The van der Waals surface area contributed by atoms with Crippen molar-refractivity contribution >= 4 is 17.7 Å². The minimum atomic E-state index is -1.06. The van der Waals surface area contributed by atoms with Crippen molar-refractivity contribution in [1.82, 2.24) is 4.98 Å². The molecule has 0 saturated heterocycles. The molecule has 4 nitrogen and oxygen atoms in total. The molecule has 0 spiro atoms. The van der Waals surface area contributed by atoms with E-state index in [0.717, 1.165) is 11.6 Å². The highest BCUT2D eigenvalue weighted by atomic mass is 19.1. The van der Waals surface area contributed by atoms with Crippen molar-refractivity contribution in [3.63, 3.8) is 0 Å². The molecule has 0 fully saturated rings. The van der Waals surface area contributed by atoms with Gasteiger partial charge in [0.25, 0.3) is 0 Å². The zero-order chi connectivity index (χ0) is 15.2. The number of anilines is 1. The van der Waals surface area contributed by atoms with Gasteiger partial charge in [0.2, 0.25) is 0 Å². The Balaban J connectivity index is 2.15. The van der Waals surface area contributed by atoms with Crippen LogP contribution in [0.3, 0.4) is 0 Å². The summed E-state index contributed by atoms with van der Waals surface area (Å²) in [5.74, 6) is -1.46. The first-order valence-corrected chi connectivity index (χ1v) is 6.37. The lowest BCUT2D eigenvalue weighted by Gasteiger charge is -2.20. The first-order chi connectivity index (χ1) is 10.1. The maximum atomic E-state index is 14.1. The van der Waals surface area contributed by atoms with Gasteiger partial charge in [-0.3, -0.25) is 4.98 Å². The van der Waals surface area contributed by atoms with Gasteiger partial charge in [0.1, 0.15) is 5.82 Å². The van der Waals surface area contributed by atoms with E-state index in [2.05, 4.69) is 4.98 Å². The number of rotatable bonds is 5. The van der Waals surface area contributed by atoms with Gasteiger partial charge in [-0.1, -0.05) is 12.1 Å². The Kier molecular flexibility index (Phi) is 4.66. The summed E-state index contributed by atoms with van der Waals surface area (Å²) < 4.78 is 14.1. The molecule has 2 rings (SSSR count). The number of halogens is 1. The molecule has 1 N–H and O–H groups in total. The van der Waals surface area contributed by atoms with Crippen molar-refractivity contribution in [3.05, 3.63) is 65.7 Å². The van der Waals surface area contributed by atoms with E-state index in [0.29, 0.717) is 17.8 Å². The Morgan fingerprint density at radius 1 is 1.43 bits per heavy atom. The van der Waals surface area contributed by atoms with E-state index in [9.17, 15) is 9.18 Å². The summed E-state index contributed by atoms with van der Waals surface area (Å²) in [7, 11) is 1.79. The maximum Gasteiger partial charge on any atom is 0.328 e. The summed E-state index contributed by atoms with van der Waals surface area (Å²) in [5.41, 5.74) is 1.94. The number of aliphatic carboxylic acids is 1. The highest BCUT2D eigenvalue weighted by molar-refractivity contribution is 5.85. The Bertz CT molecular complexity index is 657. The van der Waals surface area contributed by atoms with Crippen LogP contribution in [0.1, 0.15) is 11.1 Å². The predicted molar refractivity (Wildman–Crippen MR) is 79.4 cm³/mol. The van der Waals surface area contributed by atoms with E-state index in [1.807, 2.05) is 12.1 Å². The quantitative estimate of drug-likeness (QED) is 0.859. The molecule has 1 heterocycles. The van der Waals surface area contributed by atoms with E-state index in [1.165, 1.54) is 12.1 Å². The zero-order valence-electron chi connectivity index (χ0n) is 11.5. The lowest BCUT2D eigenvalue weighted by molar-refractivity contribution is -0.131. The second kappa shape index (κ2) is 6.65. The van der Waals surface area contributed by atoms with Crippen LogP contribution in [-0.4, -0.2) is 23.1 Å². The third-order valence-electron chi connectivity index (χ3n) is 2.94. The van der Waals surface area contributed by atoms with Crippen LogP contribution in [0.4, 0.5) is 10.1 Å². The van der Waals surface area contributed by atoms with Crippen molar-refractivity contribution < 1.29 is 14.3 Å². The van der Waals surface area contributed by atoms with Crippen LogP contribution in [0.15, 0.2) is 48.8 Å². The van der Waals surface area contributed by atoms with Crippen LogP contribution in [0, 0.1) is 5.82 Å². The molecule has 21 heavy (non-hydrogen) atoms. The van der Waals surface area contributed by atoms with Gasteiger partial charge in [-0.2, -0.15) is 0 Å². The average Bonchev–Trinajstić information content (AvgIpc) is 2.46. The monoisotopic (exact) mass is 286 g/mol. The number of benzene rings is 1. The molecule has 0 unspecified atom stereocenters. The van der Waals surface area contributed by atoms with Gasteiger partial charge in [-0.15, -0.1) is 0 Å². The Morgan fingerprint density at radius 3 is 2.86 bits per heavy atom. The van der Waals surface area contributed by atoms with Crippen LogP contribution >= 0.6 is 0 Å².